The fourth-order valence-corrected chi connectivity index (χ4v) is 3.90. The molecule has 0 atom stereocenters. The third-order valence-electron chi connectivity index (χ3n) is 4.82. The summed E-state index contributed by atoms with van der Waals surface area (Å²) in [6.07, 6.45) is 0.772. The number of hydrogen-bond acceptors (Lipinski definition) is 5. The monoisotopic (exact) mass is 433 g/mol. The average molecular weight is 434 g/mol. The van der Waals surface area contributed by atoms with Crippen molar-refractivity contribution >= 4 is 27.5 Å². The van der Waals surface area contributed by atoms with Gasteiger partial charge in [0, 0.05) is 10.0 Å². The number of ether oxygens (including phenoxy) is 4. The van der Waals surface area contributed by atoms with E-state index in [4.69, 9.17) is 18.9 Å². The topological polar surface area (TPSA) is 57.2 Å². The van der Waals surface area contributed by atoms with E-state index in [1.165, 1.54) is 0 Å². The van der Waals surface area contributed by atoms with Gasteiger partial charge in [0.25, 0.3) is 11.7 Å². The van der Waals surface area contributed by atoms with E-state index in [2.05, 4.69) is 15.9 Å². The third kappa shape index (κ3) is 2.99. The van der Waals surface area contributed by atoms with Crippen LogP contribution >= 0.6 is 15.9 Å². The summed E-state index contributed by atoms with van der Waals surface area (Å²) in [5.41, 5.74) is 2.45. The molecule has 142 valence electrons. The average Bonchev–Trinajstić information content (AvgIpc) is 2.91. The molecule has 0 unspecified atom stereocenters. The number of anilines is 1. The Balaban J connectivity index is 1.73. The summed E-state index contributed by atoms with van der Waals surface area (Å²) >= 11 is 3.48. The molecule has 2 aliphatic heterocycles. The standard InChI is InChI=1S/C20H20BrNO5/c1-24-17-7-4-13(10-18(17)25-2)12-22-16-6-5-14(21)11-15(16)20(19(22)23)26-8-3-9-27-20/h4-7,10-11H,3,8-9,12H2,1-2H3. The van der Waals surface area contributed by atoms with Crippen LogP contribution in [0.25, 0.3) is 0 Å². The van der Waals surface area contributed by atoms with E-state index >= 15 is 0 Å². The van der Waals surface area contributed by atoms with E-state index in [0.29, 0.717) is 31.3 Å². The Morgan fingerprint density at radius 1 is 1.07 bits per heavy atom. The van der Waals surface area contributed by atoms with Crippen molar-refractivity contribution in [2.45, 2.75) is 18.8 Å². The SMILES string of the molecule is COc1ccc(CN2C(=O)C3(OCCCO3)c3cc(Br)ccc32)cc1OC. The van der Waals surface area contributed by atoms with Gasteiger partial charge < -0.3 is 23.8 Å². The molecule has 6 nitrogen and oxygen atoms in total. The second-order valence-corrected chi connectivity index (χ2v) is 7.32. The highest BCUT2D eigenvalue weighted by molar-refractivity contribution is 9.10. The number of amides is 1. The molecule has 2 aromatic rings. The lowest BCUT2D eigenvalue weighted by atomic mass is 10.1. The summed E-state index contributed by atoms with van der Waals surface area (Å²) in [5.74, 6) is -0.287. The fourth-order valence-electron chi connectivity index (χ4n) is 3.54. The predicted octanol–water partition coefficient (Wildman–Crippen LogP) is 3.60. The molecule has 1 fully saturated rings. The largest absolute Gasteiger partial charge is 0.493 e. The van der Waals surface area contributed by atoms with Crippen LogP contribution in [0.15, 0.2) is 40.9 Å². The molecule has 2 aliphatic rings. The van der Waals surface area contributed by atoms with Crippen LogP contribution < -0.4 is 14.4 Å². The number of carbonyl (C=O) groups is 1. The summed E-state index contributed by atoms with van der Waals surface area (Å²) < 4.78 is 23.3. The van der Waals surface area contributed by atoms with Crippen molar-refractivity contribution in [3.63, 3.8) is 0 Å². The highest BCUT2D eigenvalue weighted by Crippen LogP contribution is 2.46. The molecule has 0 bridgehead atoms. The Kier molecular flexibility index (Phi) is 4.84. The van der Waals surface area contributed by atoms with Crippen molar-refractivity contribution in [3.8, 4) is 11.5 Å². The van der Waals surface area contributed by atoms with Gasteiger partial charge in [-0.15, -0.1) is 0 Å². The summed E-state index contributed by atoms with van der Waals surface area (Å²) in [7, 11) is 3.19. The van der Waals surface area contributed by atoms with Crippen molar-refractivity contribution in [1.82, 2.24) is 0 Å². The quantitative estimate of drug-likeness (QED) is 0.736. The van der Waals surface area contributed by atoms with E-state index in [0.717, 1.165) is 27.7 Å². The van der Waals surface area contributed by atoms with Crippen LogP contribution in [0.2, 0.25) is 0 Å². The van der Waals surface area contributed by atoms with Gasteiger partial charge in [0.15, 0.2) is 11.5 Å². The fraction of sp³-hybridized carbons (Fsp3) is 0.350. The van der Waals surface area contributed by atoms with Crippen LogP contribution in [0.3, 0.4) is 0 Å². The first-order chi connectivity index (χ1) is 13.1. The molecule has 1 saturated heterocycles. The first-order valence-corrected chi connectivity index (χ1v) is 9.49. The van der Waals surface area contributed by atoms with Gasteiger partial charge in [-0.05, 0) is 42.3 Å². The highest BCUT2D eigenvalue weighted by atomic mass is 79.9. The zero-order chi connectivity index (χ0) is 19.0. The van der Waals surface area contributed by atoms with Gasteiger partial charge in [0.05, 0.1) is 39.7 Å². The number of methoxy groups -OCH3 is 2. The predicted molar refractivity (Wildman–Crippen MR) is 103 cm³/mol. The van der Waals surface area contributed by atoms with Crippen molar-refractivity contribution < 1.29 is 23.7 Å². The minimum atomic E-state index is -1.35. The number of rotatable bonds is 4. The maximum Gasteiger partial charge on any atom is 0.292 e. The maximum atomic E-state index is 13.3. The molecule has 4 rings (SSSR count). The number of carbonyl (C=O) groups excluding carboxylic acids is 1. The molecule has 0 aromatic heterocycles. The number of nitrogens with zero attached hydrogens (tertiary/aromatic N) is 1. The second kappa shape index (κ2) is 7.14. The van der Waals surface area contributed by atoms with Crippen LogP contribution in [0.5, 0.6) is 11.5 Å². The molecule has 0 N–H and O–H groups in total. The first-order valence-electron chi connectivity index (χ1n) is 8.70. The zero-order valence-electron chi connectivity index (χ0n) is 15.2. The van der Waals surface area contributed by atoms with E-state index in [9.17, 15) is 4.79 Å². The number of fused-ring (bicyclic) bond motifs is 2. The normalized spacial score (nSPS) is 17.9. The Labute approximate surface area is 166 Å². The molecule has 1 amide bonds. The lowest BCUT2D eigenvalue weighted by molar-refractivity contribution is -0.256. The molecular formula is C20H20BrNO5. The van der Waals surface area contributed by atoms with Gasteiger partial charge in [-0.3, -0.25) is 4.79 Å². The lowest BCUT2D eigenvalue weighted by Crippen LogP contribution is -2.47. The van der Waals surface area contributed by atoms with Gasteiger partial charge in [-0.25, -0.2) is 0 Å². The number of hydrogen-bond donors (Lipinski definition) is 0. The Bertz CT molecular complexity index is 879. The lowest BCUT2D eigenvalue weighted by Gasteiger charge is -2.32. The van der Waals surface area contributed by atoms with Crippen LogP contribution in [0, 0.1) is 0 Å². The number of halogens is 1. The van der Waals surface area contributed by atoms with Gasteiger partial charge in [0.2, 0.25) is 0 Å². The van der Waals surface area contributed by atoms with Gasteiger partial charge in [-0.1, -0.05) is 22.0 Å². The van der Waals surface area contributed by atoms with E-state index in [-0.39, 0.29) is 5.91 Å². The third-order valence-corrected chi connectivity index (χ3v) is 5.31. The molecule has 0 aliphatic carbocycles. The Morgan fingerprint density at radius 3 is 2.52 bits per heavy atom. The molecular weight excluding hydrogens is 414 g/mol. The van der Waals surface area contributed by atoms with E-state index in [1.54, 1.807) is 19.1 Å². The van der Waals surface area contributed by atoms with Gasteiger partial charge >= 0.3 is 0 Å². The minimum Gasteiger partial charge on any atom is -0.493 e. The number of benzene rings is 2. The first kappa shape index (κ1) is 18.3. The minimum absolute atomic E-state index is 0.204. The molecule has 1 spiro atoms. The second-order valence-electron chi connectivity index (χ2n) is 6.41. The van der Waals surface area contributed by atoms with E-state index < -0.39 is 5.79 Å². The summed E-state index contributed by atoms with van der Waals surface area (Å²) in [6.45, 7) is 1.35. The molecule has 2 aromatic carbocycles. The van der Waals surface area contributed by atoms with Crippen LogP contribution in [0.4, 0.5) is 5.69 Å². The smallest absolute Gasteiger partial charge is 0.292 e. The molecule has 27 heavy (non-hydrogen) atoms. The van der Waals surface area contributed by atoms with Gasteiger partial charge in [0.1, 0.15) is 0 Å². The van der Waals surface area contributed by atoms with Crippen molar-refractivity contribution in [1.29, 1.82) is 0 Å². The van der Waals surface area contributed by atoms with Crippen LogP contribution in [-0.2, 0) is 26.6 Å². The van der Waals surface area contributed by atoms with Gasteiger partial charge in [-0.2, -0.15) is 0 Å². The van der Waals surface area contributed by atoms with Crippen molar-refractivity contribution in [2.75, 3.05) is 32.3 Å². The van der Waals surface area contributed by atoms with Crippen molar-refractivity contribution in [3.05, 3.63) is 52.0 Å². The van der Waals surface area contributed by atoms with Crippen LogP contribution in [0.1, 0.15) is 17.5 Å². The molecule has 0 radical (unpaired) electrons. The molecule has 0 saturated carbocycles. The summed E-state index contributed by atoms with van der Waals surface area (Å²) in [4.78, 5) is 15.0. The maximum absolute atomic E-state index is 13.3. The van der Waals surface area contributed by atoms with Crippen molar-refractivity contribution in [2.24, 2.45) is 0 Å². The molecule has 7 heteroatoms. The highest BCUT2D eigenvalue weighted by Gasteiger charge is 2.54. The zero-order valence-corrected chi connectivity index (χ0v) is 16.7. The Hall–Kier alpha value is -2.09. The summed E-state index contributed by atoms with van der Waals surface area (Å²) in [5, 5.41) is 0. The van der Waals surface area contributed by atoms with Crippen LogP contribution in [-0.4, -0.2) is 33.3 Å². The van der Waals surface area contributed by atoms with E-state index in [1.807, 2.05) is 36.4 Å². The Morgan fingerprint density at radius 2 is 1.81 bits per heavy atom. The summed E-state index contributed by atoms with van der Waals surface area (Å²) in [6, 6.07) is 11.3. The molecule has 2 heterocycles.